The lowest BCUT2D eigenvalue weighted by Crippen LogP contribution is -2.36. The Hall–Kier alpha value is -2.49. The predicted octanol–water partition coefficient (Wildman–Crippen LogP) is 5.85. The van der Waals surface area contributed by atoms with Gasteiger partial charge in [-0.1, -0.05) is 51.3 Å². The summed E-state index contributed by atoms with van der Waals surface area (Å²) < 4.78 is 11.9. The number of carbonyl (C=O) groups is 1. The minimum absolute atomic E-state index is 0.0104. The summed E-state index contributed by atoms with van der Waals surface area (Å²) in [6.45, 7) is 7.21. The molecule has 0 aliphatic heterocycles. The van der Waals surface area contributed by atoms with E-state index in [2.05, 4.69) is 25.2 Å². The molecule has 1 N–H and O–H groups in total. The van der Waals surface area contributed by atoms with E-state index in [9.17, 15) is 4.79 Å². The maximum Gasteiger partial charge on any atom is 0.251 e. The standard InChI is InChI=1S/C25H33NO3/c1-4-28-23-15-14-19(25(27)26-21-10-6-5-7-11-21)16-20(23)17-29-24-13-9-8-12-22(24)18(2)3/h8-9,12-16,18,21H,4-7,10-11,17H2,1-3H3,(H,26,27). The Labute approximate surface area is 174 Å². The zero-order chi connectivity index (χ0) is 20.6. The quantitative estimate of drug-likeness (QED) is 0.610. The van der Waals surface area contributed by atoms with Crippen LogP contribution in [0.1, 0.15) is 80.3 Å². The maximum atomic E-state index is 12.8. The highest BCUT2D eigenvalue weighted by atomic mass is 16.5. The minimum Gasteiger partial charge on any atom is -0.493 e. The Kier molecular flexibility index (Phi) is 7.56. The summed E-state index contributed by atoms with van der Waals surface area (Å²) in [6.07, 6.45) is 5.81. The second-order valence-corrected chi connectivity index (χ2v) is 8.05. The number of rotatable bonds is 8. The maximum absolute atomic E-state index is 12.8. The molecule has 1 fully saturated rings. The van der Waals surface area contributed by atoms with E-state index in [-0.39, 0.29) is 5.91 Å². The van der Waals surface area contributed by atoms with E-state index in [0.29, 0.717) is 30.7 Å². The van der Waals surface area contributed by atoms with E-state index in [0.717, 1.165) is 29.9 Å². The van der Waals surface area contributed by atoms with Crippen LogP contribution in [0.4, 0.5) is 0 Å². The largest absolute Gasteiger partial charge is 0.493 e. The zero-order valence-electron chi connectivity index (χ0n) is 17.9. The number of amides is 1. The fourth-order valence-electron chi connectivity index (χ4n) is 3.89. The van der Waals surface area contributed by atoms with Gasteiger partial charge in [0.15, 0.2) is 0 Å². The van der Waals surface area contributed by atoms with Crippen LogP contribution in [0.25, 0.3) is 0 Å². The molecular formula is C25H33NO3. The van der Waals surface area contributed by atoms with Crippen LogP contribution < -0.4 is 14.8 Å². The molecule has 156 valence electrons. The van der Waals surface area contributed by atoms with Crippen molar-refractivity contribution in [1.82, 2.24) is 5.32 Å². The number of ether oxygens (including phenoxy) is 2. The monoisotopic (exact) mass is 395 g/mol. The molecule has 4 nitrogen and oxygen atoms in total. The lowest BCUT2D eigenvalue weighted by molar-refractivity contribution is 0.0927. The summed E-state index contributed by atoms with van der Waals surface area (Å²) in [5, 5.41) is 3.19. The van der Waals surface area contributed by atoms with E-state index < -0.39 is 0 Å². The van der Waals surface area contributed by atoms with Crippen LogP contribution in [0.5, 0.6) is 11.5 Å². The summed E-state index contributed by atoms with van der Waals surface area (Å²) in [4.78, 5) is 12.8. The Bertz CT molecular complexity index is 809. The molecule has 0 atom stereocenters. The van der Waals surface area contributed by atoms with Crippen LogP contribution in [0.3, 0.4) is 0 Å². The van der Waals surface area contributed by atoms with Crippen molar-refractivity contribution in [2.45, 2.75) is 71.4 Å². The number of carbonyl (C=O) groups excluding carboxylic acids is 1. The highest BCUT2D eigenvalue weighted by Gasteiger charge is 2.18. The first-order chi connectivity index (χ1) is 14.1. The van der Waals surface area contributed by atoms with Gasteiger partial charge in [-0.3, -0.25) is 4.79 Å². The zero-order valence-corrected chi connectivity index (χ0v) is 17.9. The van der Waals surface area contributed by atoms with Gasteiger partial charge in [-0.05, 0) is 55.5 Å². The van der Waals surface area contributed by atoms with Gasteiger partial charge in [0.25, 0.3) is 5.91 Å². The van der Waals surface area contributed by atoms with Gasteiger partial charge in [0.2, 0.25) is 0 Å². The number of hydrogen-bond donors (Lipinski definition) is 1. The Morgan fingerprint density at radius 1 is 1.03 bits per heavy atom. The molecule has 0 bridgehead atoms. The first-order valence-corrected chi connectivity index (χ1v) is 10.9. The van der Waals surface area contributed by atoms with Crippen molar-refractivity contribution in [3.05, 3.63) is 59.2 Å². The molecule has 1 saturated carbocycles. The highest BCUT2D eigenvalue weighted by Crippen LogP contribution is 2.28. The number of nitrogens with one attached hydrogen (secondary N) is 1. The lowest BCUT2D eigenvalue weighted by atomic mass is 9.95. The van der Waals surface area contributed by atoms with E-state index in [1.165, 1.54) is 24.8 Å². The molecule has 29 heavy (non-hydrogen) atoms. The smallest absolute Gasteiger partial charge is 0.251 e. The van der Waals surface area contributed by atoms with Crippen molar-refractivity contribution in [2.75, 3.05) is 6.61 Å². The Morgan fingerprint density at radius 3 is 2.52 bits per heavy atom. The van der Waals surface area contributed by atoms with Crippen molar-refractivity contribution in [3.63, 3.8) is 0 Å². The second-order valence-electron chi connectivity index (χ2n) is 8.05. The van der Waals surface area contributed by atoms with E-state index in [1.54, 1.807) is 0 Å². The normalized spacial score (nSPS) is 14.6. The molecule has 4 heteroatoms. The fourth-order valence-corrected chi connectivity index (χ4v) is 3.89. The fraction of sp³-hybridized carbons (Fsp3) is 0.480. The summed E-state index contributed by atoms with van der Waals surface area (Å²) >= 11 is 0. The predicted molar refractivity (Wildman–Crippen MR) is 117 cm³/mol. The van der Waals surface area contributed by atoms with Crippen molar-refractivity contribution in [1.29, 1.82) is 0 Å². The molecule has 0 unspecified atom stereocenters. The molecular weight excluding hydrogens is 362 g/mol. The average Bonchev–Trinajstić information content (AvgIpc) is 2.74. The first kappa shape index (κ1) is 21.2. The van der Waals surface area contributed by atoms with E-state index in [4.69, 9.17) is 9.47 Å². The van der Waals surface area contributed by atoms with Crippen LogP contribution in [-0.2, 0) is 6.61 Å². The van der Waals surface area contributed by atoms with Gasteiger partial charge >= 0.3 is 0 Å². The molecule has 0 aromatic heterocycles. The Morgan fingerprint density at radius 2 is 1.79 bits per heavy atom. The molecule has 2 aromatic rings. The van der Waals surface area contributed by atoms with Crippen LogP contribution in [0.15, 0.2) is 42.5 Å². The highest BCUT2D eigenvalue weighted by molar-refractivity contribution is 5.94. The van der Waals surface area contributed by atoms with Crippen LogP contribution in [0, 0.1) is 0 Å². The average molecular weight is 396 g/mol. The first-order valence-electron chi connectivity index (χ1n) is 10.9. The third-order valence-corrected chi connectivity index (χ3v) is 5.49. The number of hydrogen-bond acceptors (Lipinski definition) is 3. The van der Waals surface area contributed by atoms with Gasteiger partial charge in [0, 0.05) is 17.2 Å². The summed E-state index contributed by atoms with van der Waals surface area (Å²) in [7, 11) is 0. The number of benzene rings is 2. The molecule has 1 amide bonds. The summed E-state index contributed by atoms with van der Waals surface area (Å²) in [5.74, 6) is 2.01. The molecule has 0 spiro atoms. The third-order valence-electron chi connectivity index (χ3n) is 5.49. The lowest BCUT2D eigenvalue weighted by Gasteiger charge is -2.23. The van der Waals surface area contributed by atoms with E-state index >= 15 is 0 Å². The van der Waals surface area contributed by atoms with Crippen LogP contribution in [0.2, 0.25) is 0 Å². The van der Waals surface area contributed by atoms with Crippen molar-refractivity contribution < 1.29 is 14.3 Å². The van der Waals surface area contributed by atoms with Crippen LogP contribution in [-0.4, -0.2) is 18.6 Å². The van der Waals surface area contributed by atoms with Gasteiger partial charge in [-0.25, -0.2) is 0 Å². The molecule has 1 aliphatic rings. The molecule has 1 aliphatic carbocycles. The van der Waals surface area contributed by atoms with E-state index in [1.807, 2.05) is 43.3 Å². The van der Waals surface area contributed by atoms with Crippen LogP contribution >= 0.6 is 0 Å². The SMILES string of the molecule is CCOc1ccc(C(=O)NC2CCCCC2)cc1COc1ccccc1C(C)C. The second kappa shape index (κ2) is 10.3. The topological polar surface area (TPSA) is 47.6 Å². The minimum atomic E-state index is -0.0104. The molecule has 3 rings (SSSR count). The summed E-state index contributed by atoms with van der Waals surface area (Å²) in [5.41, 5.74) is 2.73. The van der Waals surface area contributed by atoms with Gasteiger partial charge in [0.05, 0.1) is 6.61 Å². The molecule has 0 radical (unpaired) electrons. The Balaban J connectivity index is 1.75. The molecule has 0 heterocycles. The van der Waals surface area contributed by atoms with Gasteiger partial charge in [0.1, 0.15) is 18.1 Å². The van der Waals surface area contributed by atoms with Gasteiger partial charge < -0.3 is 14.8 Å². The van der Waals surface area contributed by atoms with Crippen molar-refractivity contribution >= 4 is 5.91 Å². The van der Waals surface area contributed by atoms with Gasteiger partial charge in [-0.15, -0.1) is 0 Å². The number of para-hydroxylation sites is 1. The molecule has 2 aromatic carbocycles. The molecule has 0 saturated heterocycles. The van der Waals surface area contributed by atoms with Gasteiger partial charge in [-0.2, -0.15) is 0 Å². The van der Waals surface area contributed by atoms with Crippen molar-refractivity contribution in [2.24, 2.45) is 0 Å². The summed E-state index contributed by atoms with van der Waals surface area (Å²) in [6, 6.07) is 14.0. The van der Waals surface area contributed by atoms with Crippen molar-refractivity contribution in [3.8, 4) is 11.5 Å². The third kappa shape index (κ3) is 5.75.